The average molecular weight is 421 g/mol. The van der Waals surface area contributed by atoms with Gasteiger partial charge in [0.15, 0.2) is 0 Å². The number of amides is 1. The summed E-state index contributed by atoms with van der Waals surface area (Å²) in [5, 5.41) is 5.56. The third kappa shape index (κ3) is 4.55. The summed E-state index contributed by atoms with van der Waals surface area (Å²) in [6.07, 6.45) is 3.22. The van der Waals surface area contributed by atoms with E-state index >= 15 is 0 Å². The number of thiazole rings is 1. The minimum atomic E-state index is -1.16. The number of rotatable bonds is 7. The SMILES string of the molecule is CC(C)(C)c1c(C(N)=O)c(-c2nc3c(s2)CCC3)nn1COCC[Si](C)(C)C. The number of hydrogen-bond donors (Lipinski definition) is 1. The number of nitrogens with zero attached hydrogens (tertiary/aromatic N) is 3. The highest BCUT2D eigenvalue weighted by Gasteiger charge is 2.32. The molecule has 0 saturated heterocycles. The van der Waals surface area contributed by atoms with Gasteiger partial charge in [0.05, 0.1) is 17.0 Å². The number of aryl methyl sites for hydroxylation is 2. The molecule has 154 valence electrons. The molecule has 1 aliphatic rings. The Morgan fingerprint density at radius 3 is 2.57 bits per heavy atom. The summed E-state index contributed by atoms with van der Waals surface area (Å²) in [7, 11) is -1.16. The first-order valence-corrected chi connectivity index (χ1v) is 14.5. The molecule has 0 aromatic carbocycles. The number of hydrogen-bond acceptors (Lipinski definition) is 5. The zero-order valence-electron chi connectivity index (χ0n) is 17.9. The van der Waals surface area contributed by atoms with E-state index in [2.05, 4.69) is 40.4 Å². The maximum Gasteiger partial charge on any atom is 0.252 e. The fourth-order valence-electron chi connectivity index (χ4n) is 3.52. The summed E-state index contributed by atoms with van der Waals surface area (Å²) in [5.41, 5.74) is 8.57. The fourth-order valence-corrected chi connectivity index (χ4v) is 5.42. The number of aromatic nitrogens is 3. The lowest BCUT2D eigenvalue weighted by Crippen LogP contribution is -2.26. The Labute approximate surface area is 172 Å². The smallest absolute Gasteiger partial charge is 0.252 e. The second-order valence-electron chi connectivity index (χ2n) is 9.78. The molecule has 6 nitrogen and oxygen atoms in total. The highest BCUT2D eigenvalue weighted by atomic mass is 32.1. The molecule has 0 radical (unpaired) electrons. The van der Waals surface area contributed by atoms with Crippen LogP contribution in [-0.4, -0.2) is 35.4 Å². The molecule has 1 amide bonds. The lowest BCUT2D eigenvalue weighted by Gasteiger charge is -2.22. The fraction of sp³-hybridized carbons (Fsp3) is 0.650. The van der Waals surface area contributed by atoms with Crippen LogP contribution in [-0.2, 0) is 29.7 Å². The first-order chi connectivity index (χ1) is 13.0. The first kappa shape index (κ1) is 21.2. The van der Waals surface area contributed by atoms with E-state index in [1.807, 2.05) is 4.68 Å². The number of primary amides is 1. The van der Waals surface area contributed by atoms with E-state index in [0.717, 1.165) is 41.7 Å². The van der Waals surface area contributed by atoms with Crippen LogP contribution in [0.15, 0.2) is 0 Å². The van der Waals surface area contributed by atoms with Crippen molar-refractivity contribution in [1.82, 2.24) is 14.8 Å². The van der Waals surface area contributed by atoms with Crippen LogP contribution >= 0.6 is 11.3 Å². The molecular weight excluding hydrogens is 388 g/mol. The summed E-state index contributed by atoms with van der Waals surface area (Å²) in [6.45, 7) is 14.2. The molecule has 2 heterocycles. The van der Waals surface area contributed by atoms with E-state index in [4.69, 9.17) is 20.6 Å². The summed E-state index contributed by atoms with van der Waals surface area (Å²) >= 11 is 1.64. The van der Waals surface area contributed by atoms with Crippen LogP contribution in [0.3, 0.4) is 0 Å². The Balaban J connectivity index is 1.97. The number of fused-ring (bicyclic) bond motifs is 1. The van der Waals surface area contributed by atoms with Crippen LogP contribution in [0.5, 0.6) is 0 Å². The van der Waals surface area contributed by atoms with Crippen LogP contribution in [0.25, 0.3) is 10.7 Å². The summed E-state index contributed by atoms with van der Waals surface area (Å²) in [6, 6.07) is 1.09. The van der Waals surface area contributed by atoms with Crippen molar-refractivity contribution in [3.63, 3.8) is 0 Å². The van der Waals surface area contributed by atoms with E-state index in [9.17, 15) is 4.79 Å². The molecule has 0 bridgehead atoms. The van der Waals surface area contributed by atoms with Crippen LogP contribution < -0.4 is 5.73 Å². The van der Waals surface area contributed by atoms with Crippen molar-refractivity contribution in [2.75, 3.05) is 6.61 Å². The van der Waals surface area contributed by atoms with Gasteiger partial charge in [-0.1, -0.05) is 40.4 Å². The molecule has 2 N–H and O–H groups in total. The highest BCUT2D eigenvalue weighted by Crippen LogP contribution is 2.37. The van der Waals surface area contributed by atoms with E-state index < -0.39 is 14.0 Å². The molecule has 2 aromatic rings. The molecule has 3 rings (SSSR count). The summed E-state index contributed by atoms with van der Waals surface area (Å²) in [4.78, 5) is 18.5. The molecule has 2 aromatic heterocycles. The van der Waals surface area contributed by atoms with E-state index in [0.29, 0.717) is 24.6 Å². The summed E-state index contributed by atoms with van der Waals surface area (Å²) < 4.78 is 7.75. The van der Waals surface area contributed by atoms with Crippen molar-refractivity contribution < 1.29 is 9.53 Å². The third-order valence-electron chi connectivity index (χ3n) is 4.92. The zero-order valence-corrected chi connectivity index (χ0v) is 19.7. The third-order valence-corrected chi connectivity index (χ3v) is 7.79. The van der Waals surface area contributed by atoms with Gasteiger partial charge in [-0.05, 0) is 25.3 Å². The van der Waals surface area contributed by atoms with Crippen LogP contribution in [0.2, 0.25) is 25.7 Å². The lowest BCUT2D eigenvalue weighted by molar-refractivity contribution is 0.0743. The molecule has 1 aliphatic carbocycles. The van der Waals surface area contributed by atoms with Crippen molar-refractivity contribution in [3.8, 4) is 10.7 Å². The summed E-state index contributed by atoms with van der Waals surface area (Å²) in [5.74, 6) is -0.455. The predicted molar refractivity (Wildman–Crippen MR) is 117 cm³/mol. The maximum absolute atomic E-state index is 12.4. The molecule has 0 unspecified atom stereocenters. The van der Waals surface area contributed by atoms with Crippen LogP contribution in [0, 0.1) is 0 Å². The Morgan fingerprint density at radius 1 is 1.29 bits per heavy atom. The van der Waals surface area contributed by atoms with E-state index in [1.165, 1.54) is 4.88 Å². The standard InChI is InChI=1S/C20H32N4O2SSi/c1-20(2,3)17-15(18(21)25)16(19-22-13-8-7-9-14(13)27-19)23-24(17)12-26-10-11-28(4,5)6/h7-12H2,1-6H3,(H2,21,25). The van der Waals surface area contributed by atoms with Gasteiger partial charge in [0.25, 0.3) is 5.91 Å². The van der Waals surface area contributed by atoms with Crippen molar-refractivity contribution in [3.05, 3.63) is 21.8 Å². The van der Waals surface area contributed by atoms with Gasteiger partial charge in [0, 0.05) is 25.0 Å². The molecule has 0 saturated carbocycles. The van der Waals surface area contributed by atoms with Gasteiger partial charge in [-0.3, -0.25) is 4.79 Å². The maximum atomic E-state index is 12.4. The molecule has 8 heteroatoms. The Hall–Kier alpha value is -1.51. The molecule has 0 atom stereocenters. The van der Waals surface area contributed by atoms with Crippen LogP contribution in [0.4, 0.5) is 0 Å². The van der Waals surface area contributed by atoms with E-state index in [1.54, 1.807) is 11.3 Å². The monoisotopic (exact) mass is 420 g/mol. The number of nitrogens with two attached hydrogens (primary N) is 1. The van der Waals surface area contributed by atoms with Crippen molar-refractivity contribution >= 4 is 25.3 Å². The quantitative estimate of drug-likeness (QED) is 0.537. The molecular formula is C20H32N4O2SSi. The predicted octanol–water partition coefficient (Wildman–Crippen LogP) is 4.20. The molecule has 0 aliphatic heterocycles. The second-order valence-corrected chi connectivity index (χ2v) is 16.5. The Morgan fingerprint density at radius 2 is 2.00 bits per heavy atom. The second kappa shape index (κ2) is 7.72. The molecule has 0 fully saturated rings. The Kier molecular flexibility index (Phi) is 5.85. The van der Waals surface area contributed by atoms with Crippen LogP contribution in [0.1, 0.15) is 53.8 Å². The van der Waals surface area contributed by atoms with Gasteiger partial charge in [-0.25, -0.2) is 9.67 Å². The van der Waals surface area contributed by atoms with Crippen molar-refractivity contribution in [2.45, 2.75) is 77.9 Å². The van der Waals surface area contributed by atoms with Crippen molar-refractivity contribution in [1.29, 1.82) is 0 Å². The van der Waals surface area contributed by atoms with Gasteiger partial charge in [-0.15, -0.1) is 11.3 Å². The van der Waals surface area contributed by atoms with Gasteiger partial charge >= 0.3 is 0 Å². The largest absolute Gasteiger partial charge is 0.365 e. The lowest BCUT2D eigenvalue weighted by atomic mass is 9.88. The Bertz CT molecular complexity index is 853. The normalized spacial score (nSPS) is 14.5. The van der Waals surface area contributed by atoms with E-state index in [-0.39, 0.29) is 5.41 Å². The van der Waals surface area contributed by atoms with Gasteiger partial charge in [-0.2, -0.15) is 5.10 Å². The average Bonchev–Trinajstić information content (AvgIpc) is 3.21. The molecule has 0 spiro atoms. The molecule has 28 heavy (non-hydrogen) atoms. The zero-order chi connectivity index (χ0) is 20.7. The van der Waals surface area contributed by atoms with Gasteiger partial charge in [0.2, 0.25) is 0 Å². The topological polar surface area (TPSA) is 83.0 Å². The number of carbonyl (C=O) groups excluding carboxylic acids is 1. The first-order valence-electron chi connectivity index (χ1n) is 9.95. The van der Waals surface area contributed by atoms with Gasteiger partial charge < -0.3 is 10.5 Å². The minimum Gasteiger partial charge on any atom is -0.365 e. The van der Waals surface area contributed by atoms with Gasteiger partial charge in [0.1, 0.15) is 17.4 Å². The number of ether oxygens (including phenoxy) is 1. The minimum absolute atomic E-state index is 0.294. The number of carbonyl (C=O) groups is 1. The highest BCUT2D eigenvalue weighted by molar-refractivity contribution is 7.15. The van der Waals surface area contributed by atoms with Crippen molar-refractivity contribution in [2.24, 2.45) is 5.73 Å².